The maximum Gasteiger partial charge on any atom is 0.236 e. The molecular weight excluding hydrogens is 310 g/mol. The molecule has 3 heterocycles. The van der Waals surface area contributed by atoms with Crippen LogP contribution < -0.4 is 0 Å². The number of nitrogens with zero attached hydrogens (tertiary/aromatic N) is 3. The lowest BCUT2D eigenvalue weighted by molar-refractivity contribution is 0.0603. The average Bonchev–Trinajstić information content (AvgIpc) is 3.21. The molecule has 0 radical (unpaired) electrons. The summed E-state index contributed by atoms with van der Waals surface area (Å²) in [6.07, 6.45) is 1.00. The quantitative estimate of drug-likeness (QED) is 0.879. The molecule has 0 aliphatic carbocycles. The molecule has 1 N–H and O–H groups in total. The normalized spacial score (nSPS) is 18.4. The Balaban J connectivity index is 1.59. The van der Waals surface area contributed by atoms with E-state index in [0.717, 1.165) is 61.4 Å². The van der Waals surface area contributed by atoms with E-state index < -0.39 is 0 Å². The summed E-state index contributed by atoms with van der Waals surface area (Å²) >= 11 is 1.65. The number of oxazole rings is 1. The minimum Gasteiger partial charge on any atom is -0.440 e. The summed E-state index contributed by atoms with van der Waals surface area (Å²) in [5.74, 6) is 1.65. The number of aliphatic hydroxyl groups excluding tert-OH is 1. The highest BCUT2D eigenvalue weighted by Gasteiger charge is 2.23. The van der Waals surface area contributed by atoms with Gasteiger partial charge in [-0.15, -0.1) is 11.3 Å². The van der Waals surface area contributed by atoms with E-state index in [1.807, 2.05) is 24.4 Å². The Hall–Kier alpha value is -1.21. The molecule has 1 unspecified atom stereocenters. The first kappa shape index (κ1) is 16.6. The number of hydrogen-bond acceptors (Lipinski definition) is 6. The maximum absolute atomic E-state index is 9.43. The summed E-state index contributed by atoms with van der Waals surface area (Å²) in [5, 5.41) is 11.5. The van der Waals surface area contributed by atoms with E-state index in [2.05, 4.69) is 21.7 Å². The van der Waals surface area contributed by atoms with Gasteiger partial charge in [-0.05, 0) is 24.8 Å². The van der Waals surface area contributed by atoms with Crippen molar-refractivity contribution in [1.82, 2.24) is 14.8 Å². The van der Waals surface area contributed by atoms with E-state index >= 15 is 0 Å². The molecule has 3 rings (SSSR count). The van der Waals surface area contributed by atoms with Crippen LogP contribution in [0, 0.1) is 6.92 Å². The van der Waals surface area contributed by atoms with Crippen LogP contribution in [-0.4, -0.2) is 58.7 Å². The third-order valence-corrected chi connectivity index (χ3v) is 5.46. The van der Waals surface area contributed by atoms with E-state index in [1.165, 1.54) is 0 Å². The summed E-state index contributed by atoms with van der Waals surface area (Å²) in [6, 6.07) is 4.36. The minimum absolute atomic E-state index is 0.253. The van der Waals surface area contributed by atoms with Crippen LogP contribution in [0.3, 0.4) is 0 Å². The second-order valence-corrected chi connectivity index (χ2v) is 7.00. The highest BCUT2D eigenvalue weighted by molar-refractivity contribution is 7.13. The lowest BCUT2D eigenvalue weighted by Crippen LogP contribution is -2.50. The van der Waals surface area contributed by atoms with Gasteiger partial charge in [-0.3, -0.25) is 9.80 Å². The van der Waals surface area contributed by atoms with Crippen LogP contribution in [0.25, 0.3) is 10.8 Å². The fraction of sp³-hybridized carbons (Fsp3) is 0.588. The van der Waals surface area contributed by atoms with Gasteiger partial charge in [0, 0.05) is 38.8 Å². The predicted octanol–water partition coefficient (Wildman–Crippen LogP) is 2.60. The highest BCUT2D eigenvalue weighted by Crippen LogP contribution is 2.26. The van der Waals surface area contributed by atoms with Crippen molar-refractivity contribution in [3.8, 4) is 10.8 Å². The molecule has 2 aromatic heterocycles. The standard InChI is InChI=1S/C17H25N3O2S/c1-3-14(12-21)20-8-6-19(7-9-20)11-15-13(2)22-17(18-15)16-5-4-10-23-16/h4-5,10,14,21H,3,6-9,11-12H2,1-2H3. The summed E-state index contributed by atoms with van der Waals surface area (Å²) in [6.45, 7) is 9.26. The van der Waals surface area contributed by atoms with Gasteiger partial charge in [0.2, 0.25) is 5.89 Å². The molecule has 0 saturated carbocycles. The Morgan fingerprint density at radius 3 is 2.74 bits per heavy atom. The van der Waals surface area contributed by atoms with Crippen molar-refractivity contribution in [1.29, 1.82) is 0 Å². The molecule has 0 bridgehead atoms. The molecule has 2 aromatic rings. The van der Waals surface area contributed by atoms with Gasteiger partial charge >= 0.3 is 0 Å². The van der Waals surface area contributed by atoms with E-state index in [1.54, 1.807) is 11.3 Å². The van der Waals surface area contributed by atoms with Gasteiger partial charge in [0.25, 0.3) is 0 Å². The molecule has 1 aliphatic rings. The summed E-state index contributed by atoms with van der Waals surface area (Å²) in [4.78, 5) is 10.6. The molecule has 1 fully saturated rings. The van der Waals surface area contributed by atoms with Crippen LogP contribution in [0.4, 0.5) is 0 Å². The first-order chi connectivity index (χ1) is 11.2. The molecule has 0 amide bonds. The van der Waals surface area contributed by atoms with Crippen molar-refractivity contribution in [2.45, 2.75) is 32.9 Å². The van der Waals surface area contributed by atoms with Crippen molar-refractivity contribution in [3.05, 3.63) is 29.0 Å². The van der Waals surface area contributed by atoms with Crippen LogP contribution in [-0.2, 0) is 6.54 Å². The molecule has 1 saturated heterocycles. The molecular formula is C17H25N3O2S. The fourth-order valence-electron chi connectivity index (χ4n) is 3.08. The minimum atomic E-state index is 0.253. The number of hydrogen-bond donors (Lipinski definition) is 1. The predicted molar refractivity (Wildman–Crippen MR) is 92.6 cm³/mol. The van der Waals surface area contributed by atoms with E-state index in [9.17, 15) is 5.11 Å². The SMILES string of the molecule is CCC(CO)N1CCN(Cc2nc(-c3cccs3)oc2C)CC1. The number of thiophene rings is 1. The third-order valence-electron chi connectivity index (χ3n) is 4.60. The van der Waals surface area contributed by atoms with E-state index in [0.29, 0.717) is 6.04 Å². The van der Waals surface area contributed by atoms with Crippen LogP contribution in [0.1, 0.15) is 24.8 Å². The second kappa shape index (κ2) is 7.57. The number of aliphatic hydroxyl groups is 1. The van der Waals surface area contributed by atoms with Crippen LogP contribution >= 0.6 is 11.3 Å². The van der Waals surface area contributed by atoms with Crippen LogP contribution in [0.2, 0.25) is 0 Å². The molecule has 126 valence electrons. The molecule has 6 heteroatoms. The smallest absolute Gasteiger partial charge is 0.236 e. The largest absolute Gasteiger partial charge is 0.440 e. The Labute approximate surface area is 141 Å². The monoisotopic (exact) mass is 335 g/mol. The number of piperazine rings is 1. The van der Waals surface area contributed by atoms with Gasteiger partial charge in [0.05, 0.1) is 17.2 Å². The zero-order valence-electron chi connectivity index (χ0n) is 13.9. The Kier molecular flexibility index (Phi) is 5.48. The van der Waals surface area contributed by atoms with Gasteiger partial charge in [-0.25, -0.2) is 4.98 Å². The second-order valence-electron chi connectivity index (χ2n) is 6.06. The zero-order chi connectivity index (χ0) is 16.2. The van der Waals surface area contributed by atoms with Crippen molar-refractivity contribution in [2.24, 2.45) is 0 Å². The fourth-order valence-corrected chi connectivity index (χ4v) is 3.73. The van der Waals surface area contributed by atoms with Gasteiger partial charge in [0.1, 0.15) is 5.76 Å². The van der Waals surface area contributed by atoms with Gasteiger partial charge in [-0.2, -0.15) is 0 Å². The number of aryl methyl sites for hydroxylation is 1. The zero-order valence-corrected chi connectivity index (χ0v) is 14.7. The van der Waals surface area contributed by atoms with Crippen molar-refractivity contribution < 1.29 is 9.52 Å². The van der Waals surface area contributed by atoms with Crippen molar-refractivity contribution in [3.63, 3.8) is 0 Å². The van der Waals surface area contributed by atoms with Crippen LogP contribution in [0.5, 0.6) is 0 Å². The molecule has 0 aromatic carbocycles. The number of rotatable bonds is 6. The van der Waals surface area contributed by atoms with E-state index in [-0.39, 0.29) is 6.61 Å². The van der Waals surface area contributed by atoms with Gasteiger partial charge in [-0.1, -0.05) is 13.0 Å². The van der Waals surface area contributed by atoms with Crippen molar-refractivity contribution in [2.75, 3.05) is 32.8 Å². The first-order valence-corrected chi connectivity index (χ1v) is 9.16. The lowest BCUT2D eigenvalue weighted by atomic mass is 10.1. The van der Waals surface area contributed by atoms with Crippen molar-refractivity contribution >= 4 is 11.3 Å². The number of aromatic nitrogens is 1. The molecule has 23 heavy (non-hydrogen) atoms. The first-order valence-electron chi connectivity index (χ1n) is 8.28. The van der Waals surface area contributed by atoms with Gasteiger partial charge < -0.3 is 9.52 Å². The summed E-state index contributed by atoms with van der Waals surface area (Å²) in [5.41, 5.74) is 1.04. The Morgan fingerprint density at radius 2 is 2.13 bits per heavy atom. The molecule has 1 atom stereocenters. The molecule has 0 spiro atoms. The van der Waals surface area contributed by atoms with Crippen LogP contribution in [0.15, 0.2) is 21.9 Å². The third kappa shape index (κ3) is 3.83. The summed E-state index contributed by atoms with van der Waals surface area (Å²) in [7, 11) is 0. The molecule has 5 nitrogen and oxygen atoms in total. The topological polar surface area (TPSA) is 52.7 Å². The van der Waals surface area contributed by atoms with E-state index in [4.69, 9.17) is 4.42 Å². The Morgan fingerprint density at radius 1 is 1.35 bits per heavy atom. The Bertz CT molecular complexity index is 599. The van der Waals surface area contributed by atoms with Gasteiger partial charge in [0.15, 0.2) is 0 Å². The summed E-state index contributed by atoms with van der Waals surface area (Å²) < 4.78 is 5.82. The lowest BCUT2D eigenvalue weighted by Gasteiger charge is -2.38. The maximum atomic E-state index is 9.43. The average molecular weight is 335 g/mol. The highest BCUT2D eigenvalue weighted by atomic mass is 32.1. The molecule has 1 aliphatic heterocycles.